The van der Waals surface area contributed by atoms with Crippen molar-refractivity contribution in [3.05, 3.63) is 28.2 Å². The molecule has 0 aliphatic heterocycles. The van der Waals surface area contributed by atoms with E-state index in [-0.39, 0.29) is 12.5 Å². The molecule has 0 saturated carbocycles. The number of carboxylic acid groups (broad SMARTS) is 1. The maximum atomic E-state index is 12.6. The standard InChI is InChI=1S/C17H21NO5S/c1-4-23-17(22)13-9(2)10(3)24-15(13)18-14(19)11-7-5-6-8-12(11)16(20)21/h5-6,11-12H,4,7-8H2,1-3H3,(H,18,19)(H,20,21). The Morgan fingerprint density at radius 1 is 1.25 bits per heavy atom. The minimum absolute atomic E-state index is 0.245. The number of hydrogen-bond donors (Lipinski definition) is 2. The third-order valence-electron chi connectivity index (χ3n) is 4.19. The predicted octanol–water partition coefficient (Wildman–Crippen LogP) is 3.15. The number of thiophene rings is 1. The van der Waals surface area contributed by atoms with Gasteiger partial charge in [-0.1, -0.05) is 12.2 Å². The second-order valence-corrected chi connectivity index (χ2v) is 6.92. The first-order valence-electron chi connectivity index (χ1n) is 7.82. The number of carboxylic acids is 1. The van der Waals surface area contributed by atoms with Crippen LogP contribution < -0.4 is 5.32 Å². The Kier molecular flexibility index (Phi) is 5.77. The summed E-state index contributed by atoms with van der Waals surface area (Å²) in [6.45, 7) is 5.63. The molecule has 7 heteroatoms. The molecule has 0 bridgehead atoms. The summed E-state index contributed by atoms with van der Waals surface area (Å²) in [6, 6.07) is 0. The van der Waals surface area contributed by atoms with Gasteiger partial charge in [0.15, 0.2) is 0 Å². The van der Waals surface area contributed by atoms with Gasteiger partial charge < -0.3 is 15.2 Å². The maximum absolute atomic E-state index is 12.6. The molecule has 0 radical (unpaired) electrons. The number of amides is 1. The van der Waals surface area contributed by atoms with E-state index in [0.717, 1.165) is 10.4 Å². The van der Waals surface area contributed by atoms with Crippen LogP contribution in [-0.4, -0.2) is 29.6 Å². The molecule has 1 aromatic heterocycles. The molecule has 24 heavy (non-hydrogen) atoms. The Labute approximate surface area is 144 Å². The lowest BCUT2D eigenvalue weighted by atomic mass is 9.82. The molecule has 2 N–H and O–H groups in total. The minimum Gasteiger partial charge on any atom is -0.481 e. The van der Waals surface area contributed by atoms with E-state index in [1.54, 1.807) is 19.9 Å². The summed E-state index contributed by atoms with van der Waals surface area (Å²) in [5.74, 6) is -3.23. The SMILES string of the molecule is CCOC(=O)c1c(NC(=O)C2CC=CCC2C(=O)O)sc(C)c1C. The number of hydrogen-bond acceptors (Lipinski definition) is 5. The molecule has 2 unspecified atom stereocenters. The fraction of sp³-hybridized carbons (Fsp3) is 0.471. The number of esters is 1. The summed E-state index contributed by atoms with van der Waals surface area (Å²) >= 11 is 1.30. The summed E-state index contributed by atoms with van der Waals surface area (Å²) in [5.41, 5.74) is 1.12. The van der Waals surface area contributed by atoms with E-state index in [2.05, 4.69) is 5.32 Å². The van der Waals surface area contributed by atoms with Crippen molar-refractivity contribution in [2.45, 2.75) is 33.6 Å². The van der Waals surface area contributed by atoms with Crippen molar-refractivity contribution in [3.8, 4) is 0 Å². The average molecular weight is 351 g/mol. The molecular weight excluding hydrogens is 330 g/mol. The summed E-state index contributed by atoms with van der Waals surface area (Å²) in [7, 11) is 0. The number of carbonyl (C=O) groups is 3. The van der Waals surface area contributed by atoms with Crippen LogP contribution in [0.1, 0.15) is 40.6 Å². The molecule has 6 nitrogen and oxygen atoms in total. The Morgan fingerprint density at radius 2 is 1.88 bits per heavy atom. The zero-order chi connectivity index (χ0) is 17.9. The van der Waals surface area contributed by atoms with Gasteiger partial charge in [-0.25, -0.2) is 4.79 Å². The topological polar surface area (TPSA) is 92.7 Å². The predicted molar refractivity (Wildman–Crippen MR) is 91.4 cm³/mol. The second-order valence-electron chi connectivity index (χ2n) is 5.69. The second kappa shape index (κ2) is 7.61. The number of carbonyl (C=O) groups excluding carboxylic acids is 2. The first-order chi connectivity index (χ1) is 11.4. The normalized spacial score (nSPS) is 19.8. The van der Waals surface area contributed by atoms with Crippen LogP contribution in [0.3, 0.4) is 0 Å². The molecule has 1 heterocycles. The van der Waals surface area contributed by atoms with E-state index in [1.807, 2.05) is 13.0 Å². The molecule has 0 saturated heterocycles. The minimum atomic E-state index is -0.983. The van der Waals surface area contributed by atoms with Crippen LogP contribution in [0.4, 0.5) is 5.00 Å². The quantitative estimate of drug-likeness (QED) is 0.628. The van der Waals surface area contributed by atoms with Gasteiger partial charge in [-0.2, -0.15) is 0 Å². The summed E-state index contributed by atoms with van der Waals surface area (Å²) < 4.78 is 5.06. The third-order valence-corrected chi connectivity index (χ3v) is 5.31. The fourth-order valence-corrected chi connectivity index (χ4v) is 3.80. The van der Waals surface area contributed by atoms with E-state index >= 15 is 0 Å². The largest absolute Gasteiger partial charge is 0.481 e. The highest BCUT2D eigenvalue weighted by molar-refractivity contribution is 7.16. The highest BCUT2D eigenvalue weighted by atomic mass is 32.1. The molecule has 0 fully saturated rings. The van der Waals surface area contributed by atoms with Crippen molar-refractivity contribution in [1.82, 2.24) is 0 Å². The highest BCUT2D eigenvalue weighted by Crippen LogP contribution is 2.35. The lowest BCUT2D eigenvalue weighted by molar-refractivity contribution is -0.146. The Morgan fingerprint density at radius 3 is 2.46 bits per heavy atom. The molecule has 0 spiro atoms. The van der Waals surface area contributed by atoms with Crippen molar-refractivity contribution in [3.63, 3.8) is 0 Å². The fourth-order valence-electron chi connectivity index (χ4n) is 2.75. The van der Waals surface area contributed by atoms with Crippen LogP contribution in [0.2, 0.25) is 0 Å². The summed E-state index contributed by atoms with van der Waals surface area (Å²) in [4.78, 5) is 37.0. The average Bonchev–Trinajstić information content (AvgIpc) is 2.81. The third kappa shape index (κ3) is 3.67. The number of aryl methyl sites for hydroxylation is 1. The first-order valence-corrected chi connectivity index (χ1v) is 8.64. The van der Waals surface area contributed by atoms with Gasteiger partial charge in [-0.05, 0) is 39.2 Å². The molecular formula is C17H21NO5S. The van der Waals surface area contributed by atoms with Gasteiger partial charge in [0.05, 0.1) is 24.0 Å². The Balaban J connectivity index is 2.26. The van der Waals surface area contributed by atoms with Crippen LogP contribution >= 0.6 is 11.3 Å². The van der Waals surface area contributed by atoms with Crippen molar-refractivity contribution < 1.29 is 24.2 Å². The monoisotopic (exact) mass is 351 g/mol. The summed E-state index contributed by atoms with van der Waals surface area (Å²) in [5, 5.41) is 12.5. The van der Waals surface area contributed by atoms with Crippen LogP contribution in [0.25, 0.3) is 0 Å². The van der Waals surface area contributed by atoms with Gasteiger partial charge >= 0.3 is 11.9 Å². The van der Waals surface area contributed by atoms with Crippen molar-refractivity contribution >= 4 is 34.2 Å². The van der Waals surface area contributed by atoms with Crippen LogP contribution in [0, 0.1) is 25.7 Å². The van der Waals surface area contributed by atoms with E-state index in [4.69, 9.17) is 4.74 Å². The number of anilines is 1. The van der Waals surface area contributed by atoms with Crippen molar-refractivity contribution in [2.75, 3.05) is 11.9 Å². The zero-order valence-corrected chi connectivity index (χ0v) is 14.7. The molecule has 1 aliphatic rings. The molecule has 1 amide bonds. The van der Waals surface area contributed by atoms with E-state index in [0.29, 0.717) is 23.4 Å². The number of ether oxygens (including phenoxy) is 1. The van der Waals surface area contributed by atoms with Gasteiger partial charge in [0.25, 0.3) is 0 Å². The first kappa shape index (κ1) is 18.2. The number of rotatable bonds is 5. The van der Waals surface area contributed by atoms with E-state index in [1.165, 1.54) is 11.3 Å². The van der Waals surface area contributed by atoms with Gasteiger partial charge in [0.1, 0.15) is 5.00 Å². The lowest BCUT2D eigenvalue weighted by Gasteiger charge is -2.24. The number of nitrogens with one attached hydrogen (secondary N) is 1. The van der Waals surface area contributed by atoms with Crippen LogP contribution in [-0.2, 0) is 14.3 Å². The molecule has 0 aromatic carbocycles. The number of aliphatic carboxylic acids is 1. The van der Waals surface area contributed by atoms with E-state index < -0.39 is 23.8 Å². The number of allylic oxidation sites excluding steroid dienone is 2. The molecule has 2 atom stereocenters. The smallest absolute Gasteiger partial charge is 0.341 e. The lowest BCUT2D eigenvalue weighted by Crippen LogP contribution is -2.34. The van der Waals surface area contributed by atoms with Gasteiger partial charge in [-0.15, -0.1) is 11.3 Å². The van der Waals surface area contributed by atoms with Crippen LogP contribution in [0.5, 0.6) is 0 Å². The van der Waals surface area contributed by atoms with Gasteiger partial charge in [-0.3, -0.25) is 9.59 Å². The maximum Gasteiger partial charge on any atom is 0.341 e. The van der Waals surface area contributed by atoms with Crippen molar-refractivity contribution in [1.29, 1.82) is 0 Å². The Hall–Kier alpha value is -2.15. The zero-order valence-electron chi connectivity index (χ0n) is 13.9. The van der Waals surface area contributed by atoms with E-state index in [9.17, 15) is 19.5 Å². The molecule has 2 rings (SSSR count). The van der Waals surface area contributed by atoms with Crippen molar-refractivity contribution in [2.24, 2.45) is 11.8 Å². The summed E-state index contributed by atoms with van der Waals surface area (Å²) in [6.07, 6.45) is 4.31. The van der Waals surface area contributed by atoms with Crippen LogP contribution in [0.15, 0.2) is 12.2 Å². The molecule has 1 aliphatic carbocycles. The van der Waals surface area contributed by atoms with Gasteiger partial charge in [0, 0.05) is 4.88 Å². The molecule has 130 valence electrons. The van der Waals surface area contributed by atoms with Gasteiger partial charge in [0.2, 0.25) is 5.91 Å². The highest BCUT2D eigenvalue weighted by Gasteiger charge is 2.35. The molecule has 1 aromatic rings. The Bertz CT molecular complexity index is 691.